The van der Waals surface area contributed by atoms with Crippen LogP contribution < -0.4 is 5.32 Å². The quantitative estimate of drug-likeness (QED) is 0.591. The fourth-order valence-electron chi connectivity index (χ4n) is 1.77. The summed E-state index contributed by atoms with van der Waals surface area (Å²) in [4.78, 5) is 12.2. The highest BCUT2D eigenvalue weighted by atomic mass is 79.9. The zero-order valence-corrected chi connectivity index (χ0v) is 15.9. The van der Waals surface area contributed by atoms with Crippen LogP contribution >= 0.6 is 47.8 Å². The number of carbonyl (C=O) groups excluding carboxylic acids is 1. The van der Waals surface area contributed by atoms with Gasteiger partial charge in [0.25, 0.3) is 5.91 Å². The predicted octanol–water partition coefficient (Wildman–Crippen LogP) is 5.14. The molecular weight excluding hydrogens is 438 g/mol. The van der Waals surface area contributed by atoms with Gasteiger partial charge in [-0.15, -0.1) is 0 Å². The summed E-state index contributed by atoms with van der Waals surface area (Å²) < 4.78 is 1.71. The molecule has 5 heteroatoms. The van der Waals surface area contributed by atoms with Gasteiger partial charge in [0.2, 0.25) is 0 Å². The van der Waals surface area contributed by atoms with Crippen molar-refractivity contribution < 1.29 is 4.79 Å². The molecule has 1 rings (SSSR count). The average molecular weight is 456 g/mol. The molecule has 0 aliphatic heterocycles. The topological polar surface area (TPSA) is 29.1 Å². The molecule has 1 aromatic carbocycles. The number of halogens is 3. The van der Waals surface area contributed by atoms with E-state index in [1.165, 1.54) is 0 Å². The standard InChI is InChI=1S/C14H18Br3NO/c1-3-14(4-2,8-15)9-18-13(19)11-7-10(16)5-6-12(11)17/h5-7H,3-4,8-9H2,1-2H3,(H,18,19). The smallest absolute Gasteiger partial charge is 0.252 e. The van der Waals surface area contributed by atoms with Gasteiger partial charge in [-0.1, -0.05) is 45.7 Å². The molecule has 0 radical (unpaired) electrons. The van der Waals surface area contributed by atoms with Crippen molar-refractivity contribution in [1.29, 1.82) is 0 Å². The first kappa shape index (κ1) is 17.2. The van der Waals surface area contributed by atoms with E-state index in [0.717, 1.165) is 27.1 Å². The summed E-state index contributed by atoms with van der Waals surface area (Å²) in [6.45, 7) is 5.00. The number of benzene rings is 1. The van der Waals surface area contributed by atoms with Gasteiger partial charge in [0.15, 0.2) is 0 Å². The highest BCUT2D eigenvalue weighted by Gasteiger charge is 2.25. The fraction of sp³-hybridized carbons (Fsp3) is 0.500. The van der Waals surface area contributed by atoms with Gasteiger partial charge in [0, 0.05) is 20.8 Å². The van der Waals surface area contributed by atoms with Crippen molar-refractivity contribution in [3.05, 3.63) is 32.7 Å². The van der Waals surface area contributed by atoms with E-state index in [1.807, 2.05) is 18.2 Å². The van der Waals surface area contributed by atoms with Gasteiger partial charge < -0.3 is 5.32 Å². The van der Waals surface area contributed by atoms with Crippen LogP contribution in [0.2, 0.25) is 0 Å². The Kier molecular flexibility index (Phi) is 7.05. The minimum Gasteiger partial charge on any atom is -0.351 e. The van der Waals surface area contributed by atoms with Gasteiger partial charge in [-0.25, -0.2) is 0 Å². The van der Waals surface area contributed by atoms with E-state index >= 15 is 0 Å². The van der Waals surface area contributed by atoms with Crippen molar-refractivity contribution in [2.45, 2.75) is 26.7 Å². The third-order valence-electron chi connectivity index (χ3n) is 3.58. The first-order valence-electron chi connectivity index (χ1n) is 6.27. The van der Waals surface area contributed by atoms with Crippen LogP contribution in [-0.4, -0.2) is 17.8 Å². The summed E-state index contributed by atoms with van der Waals surface area (Å²) >= 11 is 10.4. The van der Waals surface area contributed by atoms with Crippen molar-refractivity contribution in [2.75, 3.05) is 11.9 Å². The summed E-state index contributed by atoms with van der Waals surface area (Å²) in [5.41, 5.74) is 0.791. The maximum absolute atomic E-state index is 12.2. The van der Waals surface area contributed by atoms with E-state index in [0.29, 0.717) is 12.1 Å². The van der Waals surface area contributed by atoms with E-state index in [1.54, 1.807) is 0 Å². The number of hydrogen-bond acceptors (Lipinski definition) is 1. The highest BCUT2D eigenvalue weighted by Crippen LogP contribution is 2.28. The van der Waals surface area contributed by atoms with Crippen molar-refractivity contribution in [3.63, 3.8) is 0 Å². The Morgan fingerprint density at radius 1 is 1.26 bits per heavy atom. The summed E-state index contributed by atoms with van der Waals surface area (Å²) in [5.74, 6) is -0.0413. The number of carbonyl (C=O) groups is 1. The van der Waals surface area contributed by atoms with Crippen molar-refractivity contribution in [3.8, 4) is 0 Å². The normalized spacial score (nSPS) is 11.4. The Labute approximate surface area is 140 Å². The summed E-state index contributed by atoms with van der Waals surface area (Å²) in [5, 5.41) is 3.94. The molecule has 0 bridgehead atoms. The molecule has 1 amide bonds. The maximum atomic E-state index is 12.2. The number of hydrogen-bond donors (Lipinski definition) is 1. The first-order valence-corrected chi connectivity index (χ1v) is 8.98. The van der Waals surface area contributed by atoms with E-state index in [-0.39, 0.29) is 11.3 Å². The Balaban J connectivity index is 2.77. The first-order chi connectivity index (χ1) is 8.98. The maximum Gasteiger partial charge on any atom is 0.252 e. The molecule has 0 fully saturated rings. The lowest BCUT2D eigenvalue weighted by molar-refractivity contribution is 0.0931. The minimum absolute atomic E-state index is 0.0413. The van der Waals surface area contributed by atoms with Gasteiger partial charge in [-0.2, -0.15) is 0 Å². The minimum atomic E-state index is -0.0413. The van der Waals surface area contributed by atoms with E-state index in [2.05, 4.69) is 67.0 Å². The molecule has 0 spiro atoms. The van der Waals surface area contributed by atoms with E-state index in [9.17, 15) is 4.79 Å². The summed E-state index contributed by atoms with van der Waals surface area (Å²) in [7, 11) is 0. The lowest BCUT2D eigenvalue weighted by atomic mass is 9.84. The van der Waals surface area contributed by atoms with Crippen LogP contribution in [0.15, 0.2) is 27.1 Å². The number of nitrogens with one attached hydrogen (secondary N) is 1. The Hall–Kier alpha value is 0.130. The molecule has 0 aromatic heterocycles. The molecule has 19 heavy (non-hydrogen) atoms. The van der Waals surface area contributed by atoms with E-state index in [4.69, 9.17) is 0 Å². The van der Waals surface area contributed by atoms with Crippen LogP contribution in [0.1, 0.15) is 37.0 Å². The number of amides is 1. The Bertz CT molecular complexity index is 436. The van der Waals surface area contributed by atoms with Crippen LogP contribution in [0.5, 0.6) is 0 Å². The molecule has 0 unspecified atom stereocenters. The Morgan fingerprint density at radius 2 is 1.89 bits per heavy atom. The Morgan fingerprint density at radius 3 is 2.42 bits per heavy atom. The summed E-state index contributed by atoms with van der Waals surface area (Å²) in [6.07, 6.45) is 2.07. The highest BCUT2D eigenvalue weighted by molar-refractivity contribution is 9.11. The number of rotatable bonds is 6. The van der Waals surface area contributed by atoms with Gasteiger partial charge in [0.05, 0.1) is 5.56 Å². The number of alkyl halides is 1. The second-order valence-corrected chi connectivity index (χ2v) is 6.98. The second-order valence-electron chi connectivity index (χ2n) is 4.65. The van der Waals surface area contributed by atoms with E-state index < -0.39 is 0 Å². The van der Waals surface area contributed by atoms with Crippen LogP contribution in [0.4, 0.5) is 0 Å². The molecule has 1 N–H and O–H groups in total. The lowest BCUT2D eigenvalue weighted by Gasteiger charge is -2.29. The predicted molar refractivity (Wildman–Crippen MR) is 91.0 cm³/mol. The zero-order valence-electron chi connectivity index (χ0n) is 11.1. The monoisotopic (exact) mass is 453 g/mol. The average Bonchev–Trinajstić information content (AvgIpc) is 2.43. The van der Waals surface area contributed by atoms with Crippen LogP contribution in [-0.2, 0) is 0 Å². The third kappa shape index (κ3) is 4.57. The van der Waals surface area contributed by atoms with Crippen LogP contribution in [0.25, 0.3) is 0 Å². The molecule has 1 aromatic rings. The molecule has 0 atom stereocenters. The molecule has 0 saturated carbocycles. The lowest BCUT2D eigenvalue weighted by Crippen LogP contribution is -2.38. The fourth-order valence-corrected chi connectivity index (χ4v) is 3.55. The molecular formula is C14H18Br3NO. The molecule has 106 valence electrons. The van der Waals surface area contributed by atoms with Gasteiger partial charge >= 0.3 is 0 Å². The van der Waals surface area contributed by atoms with Crippen LogP contribution in [0, 0.1) is 5.41 Å². The van der Waals surface area contributed by atoms with Crippen molar-refractivity contribution in [1.82, 2.24) is 5.32 Å². The SMILES string of the molecule is CCC(CC)(CBr)CNC(=O)c1cc(Br)ccc1Br. The molecule has 0 aliphatic carbocycles. The third-order valence-corrected chi connectivity index (χ3v) is 5.95. The van der Waals surface area contributed by atoms with Crippen molar-refractivity contribution >= 4 is 53.7 Å². The van der Waals surface area contributed by atoms with Crippen LogP contribution in [0.3, 0.4) is 0 Å². The zero-order chi connectivity index (χ0) is 14.5. The largest absolute Gasteiger partial charge is 0.351 e. The van der Waals surface area contributed by atoms with Crippen molar-refractivity contribution in [2.24, 2.45) is 5.41 Å². The van der Waals surface area contributed by atoms with Gasteiger partial charge in [-0.05, 0) is 52.4 Å². The van der Waals surface area contributed by atoms with Gasteiger partial charge in [-0.3, -0.25) is 4.79 Å². The summed E-state index contributed by atoms with van der Waals surface area (Å²) in [6, 6.07) is 5.60. The molecule has 0 heterocycles. The molecule has 2 nitrogen and oxygen atoms in total. The molecule has 0 saturated heterocycles. The molecule has 0 aliphatic rings. The van der Waals surface area contributed by atoms with Gasteiger partial charge in [0.1, 0.15) is 0 Å². The second kappa shape index (κ2) is 7.79.